The second-order valence-corrected chi connectivity index (χ2v) is 5.51. The smallest absolute Gasteiger partial charge is 0.166 e. The standard InChI is InChI=1S/C13H5Cl4F3/c14-6-1-3-9(13(18,19)20)8(5-6)7-2-4-10(15)12(17)11(7)16/h1-5H. The van der Waals surface area contributed by atoms with Crippen molar-refractivity contribution in [3.63, 3.8) is 0 Å². The van der Waals surface area contributed by atoms with Gasteiger partial charge in [0.1, 0.15) is 0 Å². The van der Waals surface area contributed by atoms with E-state index in [1.54, 1.807) is 0 Å². The van der Waals surface area contributed by atoms with E-state index in [0.717, 1.165) is 6.07 Å². The molecule has 0 spiro atoms. The number of hydrogen-bond donors (Lipinski definition) is 0. The van der Waals surface area contributed by atoms with E-state index >= 15 is 0 Å². The van der Waals surface area contributed by atoms with Gasteiger partial charge in [0, 0.05) is 10.6 Å². The SMILES string of the molecule is FC(F)(F)c1ccc(Cl)cc1-c1ccc(Cl)c(Cl)c1Cl. The average molecular weight is 360 g/mol. The summed E-state index contributed by atoms with van der Waals surface area (Å²) >= 11 is 23.4. The van der Waals surface area contributed by atoms with E-state index in [-0.39, 0.29) is 31.2 Å². The minimum atomic E-state index is -4.53. The van der Waals surface area contributed by atoms with E-state index in [9.17, 15) is 13.2 Å². The van der Waals surface area contributed by atoms with Gasteiger partial charge in [0.25, 0.3) is 0 Å². The molecule has 0 aliphatic heterocycles. The highest BCUT2D eigenvalue weighted by atomic mass is 35.5. The highest BCUT2D eigenvalue weighted by Gasteiger charge is 2.34. The van der Waals surface area contributed by atoms with Gasteiger partial charge in [-0.3, -0.25) is 0 Å². The van der Waals surface area contributed by atoms with Crippen molar-refractivity contribution >= 4 is 46.4 Å². The Kier molecular flexibility index (Phi) is 4.45. The maximum atomic E-state index is 13.0. The van der Waals surface area contributed by atoms with Crippen LogP contribution in [0.3, 0.4) is 0 Å². The van der Waals surface area contributed by atoms with Crippen LogP contribution in [0.4, 0.5) is 13.2 Å². The second kappa shape index (κ2) is 5.64. The third-order valence-electron chi connectivity index (χ3n) is 2.61. The zero-order chi connectivity index (χ0) is 15.1. The van der Waals surface area contributed by atoms with Gasteiger partial charge < -0.3 is 0 Å². The maximum absolute atomic E-state index is 13.0. The van der Waals surface area contributed by atoms with E-state index in [2.05, 4.69) is 0 Å². The Morgan fingerprint density at radius 3 is 2.00 bits per heavy atom. The predicted octanol–water partition coefficient (Wildman–Crippen LogP) is 6.99. The molecule has 0 saturated carbocycles. The van der Waals surface area contributed by atoms with Gasteiger partial charge in [-0.2, -0.15) is 13.2 Å². The molecule has 0 fully saturated rings. The zero-order valence-electron chi connectivity index (χ0n) is 9.53. The first-order valence-electron chi connectivity index (χ1n) is 5.22. The molecule has 106 valence electrons. The Labute approximate surface area is 133 Å². The van der Waals surface area contributed by atoms with Crippen LogP contribution in [0.5, 0.6) is 0 Å². The Balaban J connectivity index is 2.76. The molecule has 0 unspecified atom stereocenters. The van der Waals surface area contributed by atoms with Gasteiger partial charge in [0.15, 0.2) is 0 Å². The van der Waals surface area contributed by atoms with Crippen molar-refractivity contribution in [1.29, 1.82) is 0 Å². The van der Waals surface area contributed by atoms with Crippen LogP contribution >= 0.6 is 46.4 Å². The molecular formula is C13H5Cl4F3. The maximum Gasteiger partial charge on any atom is 0.417 e. The van der Waals surface area contributed by atoms with Gasteiger partial charge in [0.05, 0.1) is 20.6 Å². The summed E-state index contributed by atoms with van der Waals surface area (Å²) in [5.74, 6) is 0. The molecule has 0 nitrogen and oxygen atoms in total. The van der Waals surface area contributed by atoms with Crippen LogP contribution in [0.2, 0.25) is 20.1 Å². The molecule has 0 heterocycles. The lowest BCUT2D eigenvalue weighted by Gasteiger charge is -2.15. The van der Waals surface area contributed by atoms with Crippen molar-refractivity contribution in [2.24, 2.45) is 0 Å². The fraction of sp³-hybridized carbons (Fsp3) is 0.0769. The van der Waals surface area contributed by atoms with E-state index in [1.807, 2.05) is 0 Å². The van der Waals surface area contributed by atoms with Crippen molar-refractivity contribution in [3.05, 3.63) is 56.0 Å². The van der Waals surface area contributed by atoms with Gasteiger partial charge in [-0.15, -0.1) is 0 Å². The van der Waals surface area contributed by atoms with E-state index < -0.39 is 11.7 Å². The lowest BCUT2D eigenvalue weighted by Crippen LogP contribution is -2.07. The van der Waals surface area contributed by atoms with E-state index in [0.29, 0.717) is 0 Å². The highest BCUT2D eigenvalue weighted by Crippen LogP contribution is 2.43. The average Bonchev–Trinajstić information content (AvgIpc) is 2.34. The molecule has 7 heteroatoms. The van der Waals surface area contributed by atoms with Crippen LogP contribution in [0, 0.1) is 0 Å². The summed E-state index contributed by atoms with van der Waals surface area (Å²) in [5.41, 5.74) is -0.869. The Hall–Kier alpha value is -0.610. The van der Waals surface area contributed by atoms with Crippen molar-refractivity contribution in [1.82, 2.24) is 0 Å². The first-order chi connectivity index (χ1) is 9.21. The van der Waals surface area contributed by atoms with Crippen molar-refractivity contribution < 1.29 is 13.2 Å². The van der Waals surface area contributed by atoms with Crippen LogP contribution in [-0.4, -0.2) is 0 Å². The number of alkyl halides is 3. The zero-order valence-corrected chi connectivity index (χ0v) is 12.6. The monoisotopic (exact) mass is 358 g/mol. The number of rotatable bonds is 1. The molecule has 20 heavy (non-hydrogen) atoms. The van der Waals surface area contributed by atoms with Crippen LogP contribution in [0.25, 0.3) is 11.1 Å². The van der Waals surface area contributed by atoms with Gasteiger partial charge in [-0.1, -0.05) is 52.5 Å². The fourth-order valence-corrected chi connectivity index (χ4v) is 2.53. The fourth-order valence-electron chi connectivity index (χ4n) is 1.72. The molecule has 0 aliphatic carbocycles. The summed E-state index contributed by atoms with van der Waals surface area (Å²) in [4.78, 5) is 0. The molecule has 0 saturated heterocycles. The second-order valence-electron chi connectivity index (χ2n) is 3.91. The molecule has 2 aromatic carbocycles. The van der Waals surface area contributed by atoms with Crippen LogP contribution in [-0.2, 0) is 6.18 Å². The topological polar surface area (TPSA) is 0 Å². The van der Waals surface area contributed by atoms with E-state index in [1.165, 1.54) is 24.3 Å². The Morgan fingerprint density at radius 1 is 0.750 bits per heavy atom. The van der Waals surface area contributed by atoms with Crippen LogP contribution < -0.4 is 0 Å². The number of halogens is 7. The largest absolute Gasteiger partial charge is 0.417 e. The van der Waals surface area contributed by atoms with Crippen LogP contribution in [0.15, 0.2) is 30.3 Å². The normalized spacial score (nSPS) is 11.8. The summed E-state index contributed by atoms with van der Waals surface area (Å²) < 4.78 is 39.1. The van der Waals surface area contributed by atoms with Crippen molar-refractivity contribution in [2.45, 2.75) is 6.18 Å². The molecule has 0 bridgehead atoms. The lowest BCUT2D eigenvalue weighted by molar-refractivity contribution is -0.137. The van der Waals surface area contributed by atoms with Crippen LogP contribution in [0.1, 0.15) is 5.56 Å². The summed E-state index contributed by atoms with van der Waals surface area (Å²) in [6.45, 7) is 0. The quantitative estimate of drug-likeness (QED) is 0.481. The van der Waals surface area contributed by atoms with Gasteiger partial charge in [-0.05, 0) is 29.8 Å². The van der Waals surface area contributed by atoms with Gasteiger partial charge in [-0.25, -0.2) is 0 Å². The lowest BCUT2D eigenvalue weighted by atomic mass is 9.99. The summed E-state index contributed by atoms with van der Waals surface area (Å²) in [6, 6.07) is 6.01. The summed E-state index contributed by atoms with van der Waals surface area (Å²) in [6.07, 6.45) is -4.53. The van der Waals surface area contributed by atoms with Gasteiger partial charge >= 0.3 is 6.18 Å². The predicted molar refractivity (Wildman–Crippen MR) is 76.9 cm³/mol. The molecule has 0 amide bonds. The Bertz CT molecular complexity index is 665. The number of benzene rings is 2. The summed E-state index contributed by atoms with van der Waals surface area (Å²) in [7, 11) is 0. The summed E-state index contributed by atoms with van der Waals surface area (Å²) in [5, 5.41) is 0.275. The molecule has 2 aromatic rings. The molecule has 0 aromatic heterocycles. The third kappa shape index (κ3) is 3.01. The molecule has 0 radical (unpaired) electrons. The molecule has 0 aliphatic rings. The van der Waals surface area contributed by atoms with Crippen molar-refractivity contribution in [2.75, 3.05) is 0 Å². The minimum Gasteiger partial charge on any atom is -0.166 e. The Morgan fingerprint density at radius 2 is 1.40 bits per heavy atom. The van der Waals surface area contributed by atoms with Crippen molar-refractivity contribution in [3.8, 4) is 11.1 Å². The first-order valence-corrected chi connectivity index (χ1v) is 6.73. The molecular weight excluding hydrogens is 355 g/mol. The molecule has 0 N–H and O–H groups in total. The first kappa shape index (κ1) is 15.8. The number of hydrogen-bond acceptors (Lipinski definition) is 0. The molecule has 2 rings (SSSR count). The minimum absolute atomic E-state index is 0.000988. The third-order valence-corrected chi connectivity index (χ3v) is 4.14. The van der Waals surface area contributed by atoms with E-state index in [4.69, 9.17) is 46.4 Å². The molecule has 0 atom stereocenters. The highest BCUT2D eigenvalue weighted by molar-refractivity contribution is 6.49. The van der Waals surface area contributed by atoms with Gasteiger partial charge in [0.2, 0.25) is 0 Å².